The summed E-state index contributed by atoms with van der Waals surface area (Å²) in [5, 5.41) is 33.0. The third-order valence-corrected chi connectivity index (χ3v) is 4.03. The smallest absolute Gasteiger partial charge is 0.158 e. The van der Waals surface area contributed by atoms with Gasteiger partial charge in [-0.25, -0.2) is 0 Å². The number of phenols is 1. The number of rotatable bonds is 4. The lowest BCUT2D eigenvalue weighted by Crippen LogP contribution is -2.21. The van der Waals surface area contributed by atoms with Crippen molar-refractivity contribution < 1.29 is 5.11 Å². The molecule has 2 heterocycles. The van der Waals surface area contributed by atoms with Crippen LogP contribution in [0, 0.1) is 16.7 Å². The van der Waals surface area contributed by atoms with Crippen LogP contribution in [0.3, 0.4) is 0 Å². The van der Waals surface area contributed by atoms with Gasteiger partial charge in [0.2, 0.25) is 0 Å². The first-order chi connectivity index (χ1) is 11.9. The molecule has 25 heavy (non-hydrogen) atoms. The highest BCUT2D eigenvalue weighted by atomic mass is 35.5. The Morgan fingerprint density at radius 3 is 2.76 bits per heavy atom. The van der Waals surface area contributed by atoms with E-state index in [0.29, 0.717) is 28.6 Å². The molecule has 0 saturated heterocycles. The van der Waals surface area contributed by atoms with Crippen molar-refractivity contribution in [3.05, 3.63) is 41.7 Å². The Hall–Kier alpha value is -2.91. The van der Waals surface area contributed by atoms with Gasteiger partial charge in [0.05, 0.1) is 11.5 Å². The van der Waals surface area contributed by atoms with Gasteiger partial charge < -0.3 is 10.4 Å². The van der Waals surface area contributed by atoms with Gasteiger partial charge >= 0.3 is 0 Å². The number of aromatic nitrogens is 3. The second-order valence-electron chi connectivity index (χ2n) is 6.33. The van der Waals surface area contributed by atoms with Crippen LogP contribution in [-0.2, 0) is 0 Å². The van der Waals surface area contributed by atoms with Crippen molar-refractivity contribution in [2.75, 3.05) is 11.9 Å². The van der Waals surface area contributed by atoms with Gasteiger partial charge in [0.1, 0.15) is 11.4 Å². The third kappa shape index (κ3) is 3.47. The molecule has 0 aliphatic heterocycles. The Morgan fingerprint density at radius 2 is 2.04 bits per heavy atom. The Balaban J connectivity index is 2.09. The van der Waals surface area contributed by atoms with Crippen molar-refractivity contribution in [3.63, 3.8) is 0 Å². The summed E-state index contributed by atoms with van der Waals surface area (Å²) in [5.41, 5.74) is 0.539. The van der Waals surface area contributed by atoms with Crippen LogP contribution >= 0.6 is 11.6 Å². The molecule has 3 aromatic rings. The molecule has 2 N–H and O–H groups in total. The molecule has 0 spiro atoms. The van der Waals surface area contributed by atoms with Gasteiger partial charge in [-0.05, 0) is 38.1 Å². The number of aromatic hydroxyl groups is 1. The monoisotopic (exact) mass is 353 g/mol. The van der Waals surface area contributed by atoms with Crippen LogP contribution in [0.15, 0.2) is 36.7 Å². The van der Waals surface area contributed by atoms with Crippen molar-refractivity contribution in [2.24, 2.45) is 5.41 Å². The van der Waals surface area contributed by atoms with E-state index in [2.05, 4.69) is 26.6 Å². The first kappa shape index (κ1) is 16.9. The highest BCUT2D eigenvalue weighted by Gasteiger charge is 2.19. The fourth-order valence-electron chi connectivity index (χ4n) is 2.38. The van der Waals surface area contributed by atoms with Gasteiger partial charge in [0, 0.05) is 40.3 Å². The summed E-state index contributed by atoms with van der Waals surface area (Å²) in [6.07, 6.45) is 3.34. The molecular formula is C18H16ClN5O. The highest BCUT2D eigenvalue weighted by Crippen LogP contribution is 2.35. The summed E-state index contributed by atoms with van der Waals surface area (Å²) in [4.78, 5) is 4.15. The van der Waals surface area contributed by atoms with E-state index in [9.17, 15) is 5.11 Å². The van der Waals surface area contributed by atoms with E-state index in [0.717, 1.165) is 10.8 Å². The highest BCUT2D eigenvalue weighted by molar-refractivity contribution is 6.30. The summed E-state index contributed by atoms with van der Waals surface area (Å²) in [6.45, 7) is 4.11. The van der Waals surface area contributed by atoms with Gasteiger partial charge in [0.15, 0.2) is 5.82 Å². The number of phenolic OH excluding ortho intramolecular Hbond substituents is 1. The topological polar surface area (TPSA) is 94.7 Å². The summed E-state index contributed by atoms with van der Waals surface area (Å²) >= 11 is 5.90. The number of hydrogen-bond acceptors (Lipinski definition) is 6. The molecule has 7 heteroatoms. The summed E-state index contributed by atoms with van der Waals surface area (Å²) in [6, 6.07) is 8.91. The van der Waals surface area contributed by atoms with Gasteiger partial charge in [-0.1, -0.05) is 11.6 Å². The number of anilines is 1. The molecule has 3 rings (SSSR count). The molecule has 0 bridgehead atoms. The maximum absolute atomic E-state index is 10.2. The largest absolute Gasteiger partial charge is 0.507 e. The van der Waals surface area contributed by atoms with Gasteiger partial charge in [-0.3, -0.25) is 4.98 Å². The maximum Gasteiger partial charge on any atom is 0.158 e. The molecule has 0 aliphatic carbocycles. The van der Waals surface area contributed by atoms with Gasteiger partial charge in [-0.15, -0.1) is 10.2 Å². The molecule has 0 radical (unpaired) electrons. The lowest BCUT2D eigenvalue weighted by molar-refractivity contribution is 0.477. The zero-order chi connectivity index (χ0) is 18.0. The van der Waals surface area contributed by atoms with E-state index in [1.807, 2.05) is 19.9 Å². The van der Waals surface area contributed by atoms with Crippen LogP contribution in [0.1, 0.15) is 13.8 Å². The molecule has 6 nitrogen and oxygen atoms in total. The van der Waals surface area contributed by atoms with Crippen LogP contribution in [0.25, 0.3) is 22.0 Å². The van der Waals surface area contributed by atoms with E-state index in [1.54, 1.807) is 24.5 Å². The van der Waals surface area contributed by atoms with Crippen LogP contribution in [0.2, 0.25) is 5.02 Å². The Morgan fingerprint density at radius 1 is 1.24 bits per heavy atom. The molecule has 0 amide bonds. The molecule has 0 aliphatic rings. The average molecular weight is 354 g/mol. The zero-order valence-corrected chi connectivity index (χ0v) is 14.5. The number of halogens is 1. The number of hydrogen-bond donors (Lipinski definition) is 2. The molecule has 1 aromatic carbocycles. The fourth-order valence-corrected chi connectivity index (χ4v) is 2.54. The van der Waals surface area contributed by atoms with Crippen LogP contribution in [0.5, 0.6) is 5.75 Å². The third-order valence-electron chi connectivity index (χ3n) is 3.80. The Bertz CT molecular complexity index is 981. The number of benzene rings is 1. The summed E-state index contributed by atoms with van der Waals surface area (Å²) in [7, 11) is 0. The van der Waals surface area contributed by atoms with Crippen molar-refractivity contribution in [1.82, 2.24) is 15.2 Å². The molecular weight excluding hydrogens is 338 g/mol. The lowest BCUT2D eigenvalue weighted by Gasteiger charge is -2.17. The van der Waals surface area contributed by atoms with Crippen molar-refractivity contribution in [2.45, 2.75) is 13.8 Å². The fraction of sp³-hybridized carbons (Fsp3) is 0.222. The number of pyridine rings is 1. The van der Waals surface area contributed by atoms with E-state index >= 15 is 0 Å². The van der Waals surface area contributed by atoms with Crippen LogP contribution < -0.4 is 5.32 Å². The van der Waals surface area contributed by atoms with Crippen LogP contribution in [0.4, 0.5) is 5.82 Å². The average Bonchev–Trinajstić information content (AvgIpc) is 2.60. The predicted octanol–water partition coefficient (Wildman–Crippen LogP) is 4.01. The number of nitrogens with zero attached hydrogens (tertiary/aromatic N) is 4. The predicted molar refractivity (Wildman–Crippen MR) is 97.3 cm³/mol. The molecule has 0 unspecified atom stereocenters. The lowest BCUT2D eigenvalue weighted by atomic mass is 9.96. The SMILES string of the molecule is CC(C)(C#N)CNc1nnc(-c2ccc(Cl)cc2O)c2ccncc12. The normalized spacial score (nSPS) is 11.3. The van der Waals surface area contributed by atoms with Gasteiger partial charge in [-0.2, -0.15) is 5.26 Å². The first-order valence-corrected chi connectivity index (χ1v) is 8.03. The molecule has 126 valence electrons. The Kier molecular flexibility index (Phi) is 4.43. The van der Waals surface area contributed by atoms with Crippen molar-refractivity contribution in [1.29, 1.82) is 5.26 Å². The zero-order valence-electron chi connectivity index (χ0n) is 13.8. The quantitative estimate of drug-likeness (QED) is 0.735. The maximum atomic E-state index is 10.2. The molecule has 0 atom stereocenters. The second-order valence-corrected chi connectivity index (χ2v) is 6.77. The van der Waals surface area contributed by atoms with Gasteiger partial charge in [0.25, 0.3) is 0 Å². The molecule has 0 saturated carbocycles. The number of fused-ring (bicyclic) bond motifs is 1. The molecule has 0 fully saturated rings. The van der Waals surface area contributed by atoms with E-state index in [-0.39, 0.29) is 5.75 Å². The van der Waals surface area contributed by atoms with E-state index in [1.165, 1.54) is 6.07 Å². The van der Waals surface area contributed by atoms with Crippen molar-refractivity contribution >= 4 is 28.2 Å². The summed E-state index contributed by atoms with van der Waals surface area (Å²) in [5.74, 6) is 0.579. The van der Waals surface area contributed by atoms with E-state index in [4.69, 9.17) is 16.9 Å². The standard InChI is InChI=1S/C18H16ClN5O/c1-18(2,9-20)10-22-17-14-8-21-6-5-12(14)16(23-24-17)13-4-3-11(19)7-15(13)25/h3-8,25H,10H2,1-2H3,(H,22,24). The second kappa shape index (κ2) is 6.54. The number of nitriles is 1. The van der Waals surface area contributed by atoms with E-state index < -0.39 is 5.41 Å². The minimum Gasteiger partial charge on any atom is -0.507 e. The van der Waals surface area contributed by atoms with Crippen LogP contribution in [-0.4, -0.2) is 26.8 Å². The minimum absolute atomic E-state index is 0.0336. The number of nitrogens with one attached hydrogen (secondary N) is 1. The molecule has 2 aromatic heterocycles. The van der Waals surface area contributed by atoms with Crippen molar-refractivity contribution in [3.8, 4) is 23.1 Å². The Labute approximate surface area is 150 Å². The first-order valence-electron chi connectivity index (χ1n) is 7.66. The summed E-state index contributed by atoms with van der Waals surface area (Å²) < 4.78 is 0. The minimum atomic E-state index is -0.538.